The Morgan fingerprint density at radius 3 is 2.29 bits per heavy atom. The molecule has 1 amide bonds. The number of rotatable bonds is 17. The Hall–Kier alpha value is -1.07. The molecule has 45 heavy (non-hydrogen) atoms. The van der Waals surface area contributed by atoms with E-state index in [4.69, 9.17) is 16.2 Å². The van der Waals surface area contributed by atoms with Gasteiger partial charge < -0.3 is 21.1 Å². The van der Waals surface area contributed by atoms with Crippen LogP contribution in [0.15, 0.2) is 11.6 Å². The number of carbonyl (C=O) groups is 1. The van der Waals surface area contributed by atoms with E-state index in [1.165, 1.54) is 83.5 Å². The summed E-state index contributed by atoms with van der Waals surface area (Å²) in [5.41, 5.74) is 14.4. The van der Waals surface area contributed by atoms with Crippen LogP contribution >= 0.6 is 0 Å². The zero-order valence-electron chi connectivity index (χ0n) is 30.5. The van der Waals surface area contributed by atoms with Gasteiger partial charge in [0.25, 0.3) is 0 Å². The van der Waals surface area contributed by atoms with Gasteiger partial charge in [0, 0.05) is 31.6 Å². The number of nitrogens with zero attached hydrogens (tertiary/aromatic N) is 1. The number of nitrogens with two attached hydrogens (primary N) is 2. The number of carbonyl (C=O) groups excluding carboxylic acids is 1. The van der Waals surface area contributed by atoms with Crippen LogP contribution in [0.4, 0.5) is 4.79 Å². The molecule has 3 saturated carbocycles. The van der Waals surface area contributed by atoms with Crippen molar-refractivity contribution in [1.29, 1.82) is 0 Å². The summed E-state index contributed by atoms with van der Waals surface area (Å²) in [5.74, 6) is 4.34. The van der Waals surface area contributed by atoms with Crippen LogP contribution < -0.4 is 11.5 Å². The Kier molecular flexibility index (Phi) is 13.8. The number of hydrogen-bond donors (Lipinski definition) is 2. The molecule has 5 nitrogen and oxygen atoms in total. The minimum Gasteiger partial charge on any atom is -0.446 e. The fourth-order valence-electron chi connectivity index (χ4n) is 10.4. The van der Waals surface area contributed by atoms with E-state index in [1.54, 1.807) is 5.57 Å². The predicted octanol–water partition coefficient (Wildman–Crippen LogP) is 10.0. The third-order valence-corrected chi connectivity index (χ3v) is 13.3. The lowest BCUT2D eigenvalue weighted by atomic mass is 9.47. The SMILES string of the molecule is CC(C)CCCC[C@H]1CC[C@H]2[C@@H]3CC=C4C[C@@H](OC(=O)N(CCCCCCCC(C)N)CCC(C)N)CC[C@]4(C)[C@H]3CC[C@]12C. The van der Waals surface area contributed by atoms with Gasteiger partial charge in [-0.2, -0.15) is 0 Å². The summed E-state index contributed by atoms with van der Waals surface area (Å²) in [6, 6.07) is 0.385. The van der Waals surface area contributed by atoms with E-state index in [0.717, 1.165) is 74.7 Å². The van der Waals surface area contributed by atoms with Crippen LogP contribution in [-0.4, -0.2) is 42.3 Å². The van der Waals surface area contributed by atoms with Crippen LogP contribution in [0.1, 0.15) is 164 Å². The standard InChI is InChI=1S/C40H73N3O2/c1-29(2)14-11-12-16-32-18-20-36-35-19-17-33-28-34(21-24-40(33,6)37(35)22-25-39(32,36)5)45-38(44)43(27-23-31(4)42)26-13-9-7-8-10-15-30(3)41/h17,29-32,34-37H,7-16,18-28,41-42H2,1-6H3/t30?,31?,32-,34-,35-,36-,37-,39+,40-/m0/s1. The number of ether oxygens (including phenoxy) is 1. The van der Waals surface area contributed by atoms with Crippen LogP contribution in [0, 0.1) is 40.4 Å². The first-order valence-corrected chi connectivity index (χ1v) is 19.6. The predicted molar refractivity (Wildman–Crippen MR) is 190 cm³/mol. The molecule has 5 heteroatoms. The van der Waals surface area contributed by atoms with Gasteiger partial charge in [-0.15, -0.1) is 0 Å². The van der Waals surface area contributed by atoms with Gasteiger partial charge in [-0.25, -0.2) is 4.79 Å². The second-order valence-corrected chi connectivity index (χ2v) is 17.3. The topological polar surface area (TPSA) is 81.6 Å². The number of hydrogen-bond acceptors (Lipinski definition) is 4. The monoisotopic (exact) mass is 628 g/mol. The Balaban J connectivity index is 1.30. The number of allylic oxidation sites excluding steroid dienone is 1. The molecule has 260 valence electrons. The van der Waals surface area contributed by atoms with Crippen LogP contribution in [0.2, 0.25) is 0 Å². The summed E-state index contributed by atoms with van der Waals surface area (Å²) in [7, 11) is 0. The highest BCUT2D eigenvalue weighted by atomic mass is 16.6. The third-order valence-electron chi connectivity index (χ3n) is 13.3. The summed E-state index contributed by atoms with van der Waals surface area (Å²) in [6.07, 6.45) is 26.0. The van der Waals surface area contributed by atoms with Crippen LogP contribution in [-0.2, 0) is 4.74 Å². The molecule has 0 spiro atoms. The van der Waals surface area contributed by atoms with Gasteiger partial charge in [0.15, 0.2) is 0 Å². The summed E-state index contributed by atoms with van der Waals surface area (Å²) < 4.78 is 6.29. The molecule has 0 heterocycles. The Morgan fingerprint density at radius 2 is 1.56 bits per heavy atom. The van der Waals surface area contributed by atoms with Crippen LogP contribution in [0.3, 0.4) is 0 Å². The molecule has 4 N–H and O–H groups in total. The van der Waals surface area contributed by atoms with Crippen molar-refractivity contribution in [1.82, 2.24) is 4.90 Å². The zero-order chi connectivity index (χ0) is 32.6. The lowest BCUT2D eigenvalue weighted by molar-refractivity contribution is -0.0534. The fourth-order valence-corrected chi connectivity index (χ4v) is 10.4. The quantitative estimate of drug-likeness (QED) is 0.124. The van der Waals surface area contributed by atoms with Gasteiger partial charge in [-0.1, -0.05) is 84.3 Å². The average molecular weight is 628 g/mol. The molecule has 4 rings (SSSR count). The van der Waals surface area contributed by atoms with E-state index >= 15 is 0 Å². The van der Waals surface area contributed by atoms with E-state index < -0.39 is 0 Å². The molecule has 9 atom stereocenters. The molecule has 0 aromatic rings. The highest BCUT2D eigenvalue weighted by molar-refractivity contribution is 5.67. The minimum atomic E-state index is -0.116. The molecule has 0 aromatic heterocycles. The molecular weight excluding hydrogens is 554 g/mol. The van der Waals surface area contributed by atoms with Gasteiger partial charge in [0.1, 0.15) is 6.10 Å². The van der Waals surface area contributed by atoms with Crippen LogP contribution in [0.25, 0.3) is 0 Å². The van der Waals surface area contributed by atoms with Gasteiger partial charge in [-0.3, -0.25) is 0 Å². The first-order valence-electron chi connectivity index (χ1n) is 19.6. The summed E-state index contributed by atoms with van der Waals surface area (Å²) >= 11 is 0. The third kappa shape index (κ3) is 9.52. The molecule has 0 aliphatic heterocycles. The van der Waals surface area contributed by atoms with Crippen molar-refractivity contribution < 1.29 is 9.53 Å². The van der Waals surface area contributed by atoms with Crippen LogP contribution in [0.5, 0.6) is 0 Å². The Labute approximate surface area is 278 Å². The van der Waals surface area contributed by atoms with Crippen molar-refractivity contribution in [2.45, 2.75) is 182 Å². The first-order chi connectivity index (χ1) is 21.4. The van der Waals surface area contributed by atoms with E-state index in [9.17, 15) is 4.79 Å². The van der Waals surface area contributed by atoms with E-state index in [2.05, 4.69) is 40.7 Å². The molecular formula is C40H73N3O2. The van der Waals surface area contributed by atoms with Gasteiger partial charge in [-0.05, 0) is 125 Å². The maximum atomic E-state index is 13.5. The van der Waals surface area contributed by atoms with E-state index in [0.29, 0.717) is 23.4 Å². The van der Waals surface area contributed by atoms with E-state index in [1.807, 2.05) is 11.8 Å². The highest BCUT2D eigenvalue weighted by Gasteiger charge is 2.58. The summed E-state index contributed by atoms with van der Waals surface area (Å²) in [6.45, 7) is 15.6. The minimum absolute atomic E-state index is 0.0139. The van der Waals surface area contributed by atoms with Crippen molar-refractivity contribution in [3.63, 3.8) is 0 Å². The van der Waals surface area contributed by atoms with Crippen molar-refractivity contribution in [3.05, 3.63) is 11.6 Å². The summed E-state index contributed by atoms with van der Waals surface area (Å²) in [5, 5.41) is 0. The Morgan fingerprint density at radius 1 is 0.844 bits per heavy atom. The molecule has 3 fully saturated rings. The molecule has 0 aromatic carbocycles. The lowest BCUT2D eigenvalue weighted by Gasteiger charge is -2.58. The van der Waals surface area contributed by atoms with Gasteiger partial charge >= 0.3 is 6.09 Å². The van der Waals surface area contributed by atoms with Crippen molar-refractivity contribution >= 4 is 6.09 Å². The van der Waals surface area contributed by atoms with Gasteiger partial charge in [0.2, 0.25) is 0 Å². The first kappa shape index (κ1) is 36.8. The normalized spacial score (nSPS) is 34.0. The lowest BCUT2D eigenvalue weighted by Crippen LogP contribution is -2.50. The zero-order valence-corrected chi connectivity index (χ0v) is 30.5. The number of amides is 1. The summed E-state index contributed by atoms with van der Waals surface area (Å²) in [4.78, 5) is 15.4. The second kappa shape index (κ2) is 16.8. The second-order valence-electron chi connectivity index (χ2n) is 17.3. The fraction of sp³-hybridized carbons (Fsp3) is 0.925. The van der Waals surface area contributed by atoms with Gasteiger partial charge in [0.05, 0.1) is 0 Å². The maximum absolute atomic E-state index is 13.5. The Bertz CT molecular complexity index is 946. The van der Waals surface area contributed by atoms with Crippen molar-refractivity contribution in [2.24, 2.45) is 51.9 Å². The van der Waals surface area contributed by atoms with Crippen molar-refractivity contribution in [2.75, 3.05) is 13.1 Å². The largest absolute Gasteiger partial charge is 0.446 e. The molecule has 2 unspecified atom stereocenters. The molecule has 0 bridgehead atoms. The molecule has 0 radical (unpaired) electrons. The maximum Gasteiger partial charge on any atom is 0.410 e. The van der Waals surface area contributed by atoms with Crippen molar-refractivity contribution in [3.8, 4) is 0 Å². The molecule has 0 saturated heterocycles. The number of unbranched alkanes of at least 4 members (excludes halogenated alkanes) is 5. The number of fused-ring (bicyclic) bond motifs is 5. The molecule has 4 aliphatic carbocycles. The highest BCUT2D eigenvalue weighted by Crippen LogP contribution is 2.66. The molecule has 4 aliphatic rings. The smallest absolute Gasteiger partial charge is 0.410 e. The van der Waals surface area contributed by atoms with E-state index in [-0.39, 0.29) is 18.2 Å². The average Bonchev–Trinajstić information content (AvgIpc) is 3.32.